The molecule has 0 aliphatic rings. The molecule has 100 valence electrons. The molecule has 1 heterocycles. The van der Waals surface area contributed by atoms with E-state index in [9.17, 15) is 4.79 Å². The molecule has 19 heavy (non-hydrogen) atoms. The number of benzene rings is 1. The molecule has 0 unspecified atom stereocenters. The van der Waals surface area contributed by atoms with Crippen molar-refractivity contribution in [2.24, 2.45) is 0 Å². The van der Waals surface area contributed by atoms with Gasteiger partial charge in [0.15, 0.2) is 0 Å². The van der Waals surface area contributed by atoms with Crippen LogP contribution in [0.25, 0.3) is 11.5 Å². The number of nitrogens with zero attached hydrogens (tertiary/aromatic N) is 1. The third kappa shape index (κ3) is 2.63. The molecule has 0 fully saturated rings. The molecule has 0 radical (unpaired) electrons. The van der Waals surface area contributed by atoms with Gasteiger partial charge in [-0.1, -0.05) is 22.0 Å². The maximum absolute atomic E-state index is 11.1. The number of rotatable bonds is 4. The summed E-state index contributed by atoms with van der Waals surface area (Å²) in [5.74, 6) is -1.00. The first-order valence-electron chi connectivity index (χ1n) is 5.67. The zero-order valence-electron chi connectivity index (χ0n) is 10.4. The molecule has 0 atom stereocenters. The summed E-state index contributed by atoms with van der Waals surface area (Å²) in [5, 5.41) is 9.06. The molecular formula is C13H12BrNO4. The van der Waals surface area contributed by atoms with Gasteiger partial charge in [-0.25, -0.2) is 4.79 Å². The standard InChI is InChI=1S/C13H12BrNO4/c1-3-18-13-10(12(16)17)15-11(19-13)8-5-4-6-9(14)7(8)2/h4-6H,3H2,1-2H3,(H,16,17). The van der Waals surface area contributed by atoms with E-state index >= 15 is 0 Å². The van der Waals surface area contributed by atoms with Gasteiger partial charge >= 0.3 is 11.9 Å². The van der Waals surface area contributed by atoms with Crippen LogP contribution in [0, 0.1) is 6.92 Å². The molecule has 2 rings (SSSR count). The Morgan fingerprint density at radius 3 is 2.89 bits per heavy atom. The molecule has 5 nitrogen and oxygen atoms in total. The molecule has 0 aliphatic heterocycles. The summed E-state index contributed by atoms with van der Waals surface area (Å²) in [7, 11) is 0. The summed E-state index contributed by atoms with van der Waals surface area (Å²) in [4.78, 5) is 15.1. The maximum Gasteiger partial charge on any atom is 0.362 e. The van der Waals surface area contributed by atoms with Gasteiger partial charge in [0.05, 0.1) is 6.61 Å². The first kappa shape index (κ1) is 13.6. The van der Waals surface area contributed by atoms with Crippen LogP contribution < -0.4 is 4.74 Å². The van der Waals surface area contributed by atoms with Crippen LogP contribution in [-0.4, -0.2) is 22.7 Å². The second-order valence-corrected chi connectivity index (χ2v) is 4.66. The predicted molar refractivity (Wildman–Crippen MR) is 72.5 cm³/mol. The maximum atomic E-state index is 11.1. The van der Waals surface area contributed by atoms with Crippen LogP contribution in [0.4, 0.5) is 0 Å². The Hall–Kier alpha value is -1.82. The Morgan fingerprint density at radius 1 is 1.53 bits per heavy atom. The summed E-state index contributed by atoms with van der Waals surface area (Å²) in [6, 6.07) is 5.54. The van der Waals surface area contributed by atoms with Crippen LogP contribution >= 0.6 is 15.9 Å². The molecule has 0 amide bonds. The number of aromatic carboxylic acids is 1. The van der Waals surface area contributed by atoms with Gasteiger partial charge < -0.3 is 14.3 Å². The molecular weight excluding hydrogens is 314 g/mol. The van der Waals surface area contributed by atoms with E-state index in [1.54, 1.807) is 6.92 Å². The zero-order chi connectivity index (χ0) is 14.0. The molecule has 0 saturated carbocycles. The van der Waals surface area contributed by atoms with Crippen LogP contribution in [0.15, 0.2) is 27.1 Å². The van der Waals surface area contributed by atoms with Crippen LogP contribution in [-0.2, 0) is 0 Å². The minimum Gasteiger partial charge on any atom is -0.476 e. The highest BCUT2D eigenvalue weighted by Crippen LogP contribution is 2.32. The Bertz CT molecular complexity index is 621. The fourth-order valence-corrected chi connectivity index (χ4v) is 1.99. The number of oxazole rings is 1. The van der Waals surface area contributed by atoms with Gasteiger partial charge in [0.2, 0.25) is 11.6 Å². The van der Waals surface area contributed by atoms with Crippen molar-refractivity contribution in [3.8, 4) is 17.4 Å². The topological polar surface area (TPSA) is 72.6 Å². The first-order chi connectivity index (χ1) is 9.04. The summed E-state index contributed by atoms with van der Waals surface area (Å²) >= 11 is 3.41. The Labute approximate surface area is 118 Å². The van der Waals surface area contributed by atoms with Crippen molar-refractivity contribution in [1.29, 1.82) is 0 Å². The van der Waals surface area contributed by atoms with E-state index in [2.05, 4.69) is 20.9 Å². The molecule has 1 aromatic heterocycles. The van der Waals surface area contributed by atoms with Crippen molar-refractivity contribution < 1.29 is 19.1 Å². The minimum absolute atomic E-state index is 0.0654. The molecule has 6 heteroatoms. The molecule has 2 aromatic rings. The second kappa shape index (κ2) is 5.44. The quantitative estimate of drug-likeness (QED) is 0.931. The van der Waals surface area contributed by atoms with Crippen LogP contribution in [0.5, 0.6) is 5.95 Å². The lowest BCUT2D eigenvalue weighted by molar-refractivity contribution is 0.0683. The highest BCUT2D eigenvalue weighted by molar-refractivity contribution is 9.10. The molecule has 1 N–H and O–H groups in total. The average molecular weight is 326 g/mol. The largest absolute Gasteiger partial charge is 0.476 e. The van der Waals surface area contributed by atoms with Crippen molar-refractivity contribution >= 4 is 21.9 Å². The Kier molecular flexibility index (Phi) is 3.90. The SMILES string of the molecule is CCOc1oc(-c2cccc(Br)c2C)nc1C(=O)O. The number of carboxylic acids is 1. The van der Waals surface area contributed by atoms with Gasteiger partial charge in [-0.15, -0.1) is 0 Å². The number of carbonyl (C=O) groups is 1. The zero-order valence-corrected chi connectivity index (χ0v) is 12.0. The lowest BCUT2D eigenvalue weighted by atomic mass is 10.1. The van der Waals surface area contributed by atoms with E-state index in [4.69, 9.17) is 14.3 Å². The van der Waals surface area contributed by atoms with Crippen LogP contribution in [0.1, 0.15) is 23.0 Å². The van der Waals surface area contributed by atoms with Gasteiger partial charge in [-0.2, -0.15) is 4.98 Å². The highest BCUT2D eigenvalue weighted by atomic mass is 79.9. The van der Waals surface area contributed by atoms with Gasteiger partial charge in [0.25, 0.3) is 0 Å². The monoisotopic (exact) mass is 325 g/mol. The van der Waals surface area contributed by atoms with Gasteiger partial charge in [0, 0.05) is 10.0 Å². The summed E-state index contributed by atoms with van der Waals surface area (Å²) in [6.45, 7) is 3.95. The Morgan fingerprint density at radius 2 is 2.26 bits per heavy atom. The van der Waals surface area contributed by atoms with Crippen LogP contribution in [0.2, 0.25) is 0 Å². The normalized spacial score (nSPS) is 10.5. The summed E-state index contributed by atoms with van der Waals surface area (Å²) in [6.07, 6.45) is 0. The number of halogens is 1. The van der Waals surface area contributed by atoms with E-state index in [-0.39, 0.29) is 17.5 Å². The average Bonchev–Trinajstić information content (AvgIpc) is 2.77. The predicted octanol–water partition coefficient (Wildman–Crippen LogP) is 3.51. The van der Waals surface area contributed by atoms with Crippen molar-refractivity contribution in [2.75, 3.05) is 6.61 Å². The number of hydrogen-bond acceptors (Lipinski definition) is 4. The minimum atomic E-state index is -1.17. The van der Waals surface area contributed by atoms with Crippen LogP contribution in [0.3, 0.4) is 0 Å². The fourth-order valence-electron chi connectivity index (χ4n) is 1.62. The molecule has 0 saturated heterocycles. The molecule has 1 aromatic carbocycles. The number of aromatic nitrogens is 1. The highest BCUT2D eigenvalue weighted by Gasteiger charge is 2.22. The second-order valence-electron chi connectivity index (χ2n) is 3.81. The van der Waals surface area contributed by atoms with E-state index in [0.717, 1.165) is 15.6 Å². The first-order valence-corrected chi connectivity index (χ1v) is 6.46. The number of hydrogen-bond donors (Lipinski definition) is 1. The molecule has 0 bridgehead atoms. The fraction of sp³-hybridized carbons (Fsp3) is 0.231. The van der Waals surface area contributed by atoms with E-state index in [1.807, 2.05) is 25.1 Å². The van der Waals surface area contributed by atoms with E-state index < -0.39 is 5.97 Å². The number of carboxylic acid groups (broad SMARTS) is 1. The lowest BCUT2D eigenvalue weighted by Gasteiger charge is -2.03. The van der Waals surface area contributed by atoms with E-state index in [0.29, 0.717) is 6.61 Å². The smallest absolute Gasteiger partial charge is 0.362 e. The molecule has 0 aliphatic carbocycles. The Balaban J connectivity index is 2.54. The van der Waals surface area contributed by atoms with Gasteiger partial charge in [-0.3, -0.25) is 0 Å². The van der Waals surface area contributed by atoms with Crippen molar-refractivity contribution in [3.63, 3.8) is 0 Å². The molecule has 0 spiro atoms. The lowest BCUT2D eigenvalue weighted by Crippen LogP contribution is -2.01. The van der Waals surface area contributed by atoms with Gasteiger partial charge in [0.1, 0.15) is 0 Å². The van der Waals surface area contributed by atoms with Crippen molar-refractivity contribution in [1.82, 2.24) is 4.98 Å². The third-order valence-electron chi connectivity index (χ3n) is 2.57. The van der Waals surface area contributed by atoms with E-state index in [1.165, 1.54) is 0 Å². The third-order valence-corrected chi connectivity index (χ3v) is 3.43. The number of ether oxygens (including phenoxy) is 1. The summed E-state index contributed by atoms with van der Waals surface area (Å²) in [5.41, 5.74) is 1.43. The summed E-state index contributed by atoms with van der Waals surface area (Å²) < 4.78 is 11.5. The van der Waals surface area contributed by atoms with Crippen molar-refractivity contribution in [3.05, 3.63) is 33.9 Å². The van der Waals surface area contributed by atoms with Gasteiger partial charge in [-0.05, 0) is 31.5 Å². The van der Waals surface area contributed by atoms with Crippen molar-refractivity contribution in [2.45, 2.75) is 13.8 Å².